The minimum absolute atomic E-state index is 0.377. The van der Waals surface area contributed by atoms with Crippen molar-refractivity contribution in [3.8, 4) is 5.75 Å². The Morgan fingerprint density at radius 2 is 1.95 bits per heavy atom. The van der Waals surface area contributed by atoms with E-state index in [2.05, 4.69) is 40.4 Å². The van der Waals surface area contributed by atoms with Crippen LogP contribution in [0.25, 0.3) is 0 Å². The predicted molar refractivity (Wildman–Crippen MR) is 81.5 cm³/mol. The zero-order chi connectivity index (χ0) is 13.3. The van der Waals surface area contributed by atoms with E-state index in [0.717, 1.165) is 16.6 Å². The molecular formula is C16H22BrNO. The second-order valence-corrected chi connectivity index (χ2v) is 6.76. The second kappa shape index (κ2) is 5.45. The Morgan fingerprint density at radius 3 is 2.63 bits per heavy atom. The van der Waals surface area contributed by atoms with Gasteiger partial charge in [0.2, 0.25) is 0 Å². The van der Waals surface area contributed by atoms with Crippen molar-refractivity contribution < 1.29 is 4.74 Å². The third-order valence-corrected chi connectivity index (χ3v) is 5.68. The maximum Gasteiger partial charge on any atom is 0.133 e. The Hall–Kier alpha value is -0.540. The van der Waals surface area contributed by atoms with Gasteiger partial charge in [-0.25, -0.2) is 0 Å². The van der Waals surface area contributed by atoms with Crippen LogP contribution >= 0.6 is 15.9 Å². The first kappa shape index (κ1) is 13.4. The summed E-state index contributed by atoms with van der Waals surface area (Å²) in [5, 5.41) is 3.50. The summed E-state index contributed by atoms with van der Waals surface area (Å²) in [6.45, 7) is 0. The van der Waals surface area contributed by atoms with E-state index < -0.39 is 0 Å². The molecule has 1 aromatic carbocycles. The number of benzene rings is 1. The third kappa shape index (κ3) is 2.31. The van der Waals surface area contributed by atoms with Crippen LogP contribution in [0.2, 0.25) is 0 Å². The molecule has 2 saturated carbocycles. The molecule has 0 heterocycles. The molecule has 3 heteroatoms. The van der Waals surface area contributed by atoms with E-state index in [-0.39, 0.29) is 0 Å². The van der Waals surface area contributed by atoms with Crippen molar-refractivity contribution in [3.05, 3.63) is 28.7 Å². The summed E-state index contributed by atoms with van der Waals surface area (Å²) in [6.07, 6.45) is 8.24. The fraction of sp³-hybridized carbons (Fsp3) is 0.625. The van der Waals surface area contributed by atoms with Gasteiger partial charge in [0.05, 0.1) is 4.47 Å². The quantitative estimate of drug-likeness (QED) is 0.902. The maximum atomic E-state index is 6.32. The SMILES string of the molecule is CNC1CC(Oc2ccccc2Br)C12CCCCC2. The average Bonchev–Trinajstić information content (AvgIpc) is 2.45. The molecule has 2 aliphatic carbocycles. The van der Waals surface area contributed by atoms with Crippen LogP contribution in [-0.2, 0) is 0 Å². The standard InChI is InChI=1S/C16H22BrNO/c1-18-14-11-15(16(14)9-5-2-6-10-16)19-13-8-4-3-7-12(13)17/h3-4,7-8,14-15,18H,2,5-6,9-11H2,1H3. The fourth-order valence-corrected chi connectivity index (χ4v) is 4.27. The molecule has 2 fully saturated rings. The zero-order valence-electron chi connectivity index (χ0n) is 11.5. The molecule has 3 rings (SSSR count). The van der Waals surface area contributed by atoms with E-state index in [1.165, 1.54) is 32.1 Å². The van der Waals surface area contributed by atoms with Crippen molar-refractivity contribution in [2.75, 3.05) is 7.05 Å². The van der Waals surface area contributed by atoms with Crippen molar-refractivity contribution in [1.29, 1.82) is 0 Å². The molecule has 2 nitrogen and oxygen atoms in total. The van der Waals surface area contributed by atoms with Gasteiger partial charge in [-0.05, 0) is 48.0 Å². The van der Waals surface area contributed by atoms with Gasteiger partial charge in [-0.3, -0.25) is 0 Å². The molecule has 1 aromatic rings. The first-order valence-corrected chi connectivity index (χ1v) is 8.14. The van der Waals surface area contributed by atoms with Crippen molar-refractivity contribution in [1.82, 2.24) is 5.32 Å². The lowest BCUT2D eigenvalue weighted by Crippen LogP contribution is -2.64. The Morgan fingerprint density at radius 1 is 1.21 bits per heavy atom. The van der Waals surface area contributed by atoms with E-state index in [4.69, 9.17) is 4.74 Å². The number of rotatable bonds is 3. The van der Waals surface area contributed by atoms with Crippen molar-refractivity contribution in [3.63, 3.8) is 0 Å². The Bertz CT molecular complexity index is 442. The molecule has 0 aliphatic heterocycles. The zero-order valence-corrected chi connectivity index (χ0v) is 13.1. The normalized spacial score (nSPS) is 28.9. The third-order valence-electron chi connectivity index (χ3n) is 5.02. The van der Waals surface area contributed by atoms with E-state index in [0.29, 0.717) is 17.6 Å². The smallest absolute Gasteiger partial charge is 0.133 e. The number of ether oxygens (including phenoxy) is 1. The van der Waals surface area contributed by atoms with Crippen LogP contribution < -0.4 is 10.1 Å². The van der Waals surface area contributed by atoms with Gasteiger partial charge < -0.3 is 10.1 Å². The van der Waals surface area contributed by atoms with Crippen molar-refractivity contribution in [2.24, 2.45) is 5.41 Å². The predicted octanol–water partition coefficient (Wildman–Crippen LogP) is 4.14. The van der Waals surface area contributed by atoms with Crippen LogP contribution in [0.3, 0.4) is 0 Å². The fourth-order valence-electron chi connectivity index (χ4n) is 3.89. The molecule has 2 aliphatic rings. The lowest BCUT2D eigenvalue weighted by Gasteiger charge is -2.57. The first-order chi connectivity index (χ1) is 9.26. The minimum Gasteiger partial charge on any atom is -0.489 e. The Kier molecular flexibility index (Phi) is 3.86. The molecule has 0 amide bonds. The minimum atomic E-state index is 0.377. The van der Waals surface area contributed by atoms with Gasteiger partial charge in [-0.1, -0.05) is 31.4 Å². The van der Waals surface area contributed by atoms with Gasteiger partial charge in [0.15, 0.2) is 0 Å². The van der Waals surface area contributed by atoms with E-state index in [1.54, 1.807) is 0 Å². The number of hydrogen-bond donors (Lipinski definition) is 1. The molecule has 0 aromatic heterocycles. The maximum absolute atomic E-state index is 6.32. The highest BCUT2D eigenvalue weighted by atomic mass is 79.9. The van der Waals surface area contributed by atoms with E-state index in [9.17, 15) is 0 Å². The molecule has 0 radical (unpaired) electrons. The molecule has 0 saturated heterocycles. The summed E-state index contributed by atoms with van der Waals surface area (Å²) in [6, 6.07) is 8.83. The highest BCUT2D eigenvalue weighted by molar-refractivity contribution is 9.10. The summed E-state index contributed by atoms with van der Waals surface area (Å²) in [7, 11) is 2.09. The van der Waals surface area contributed by atoms with Crippen LogP contribution in [0.1, 0.15) is 38.5 Å². The summed E-state index contributed by atoms with van der Waals surface area (Å²) in [4.78, 5) is 0. The summed E-state index contributed by atoms with van der Waals surface area (Å²) in [5.41, 5.74) is 0.377. The summed E-state index contributed by atoms with van der Waals surface area (Å²) >= 11 is 3.58. The lowest BCUT2D eigenvalue weighted by molar-refractivity contribution is -0.101. The molecule has 2 atom stereocenters. The molecule has 104 valence electrons. The largest absolute Gasteiger partial charge is 0.489 e. The van der Waals surface area contributed by atoms with E-state index in [1.807, 2.05) is 12.1 Å². The van der Waals surface area contributed by atoms with Crippen LogP contribution in [0.4, 0.5) is 0 Å². The van der Waals surface area contributed by atoms with Gasteiger partial charge in [0, 0.05) is 17.9 Å². The highest BCUT2D eigenvalue weighted by Crippen LogP contribution is 2.53. The number of nitrogens with one attached hydrogen (secondary N) is 1. The average molecular weight is 324 g/mol. The molecule has 0 bridgehead atoms. The Labute approximate surface area is 124 Å². The molecule has 2 unspecified atom stereocenters. The van der Waals surface area contributed by atoms with Gasteiger partial charge in [0.1, 0.15) is 11.9 Å². The first-order valence-electron chi connectivity index (χ1n) is 7.35. The van der Waals surface area contributed by atoms with Crippen LogP contribution in [0.5, 0.6) is 5.75 Å². The van der Waals surface area contributed by atoms with Gasteiger partial charge >= 0.3 is 0 Å². The van der Waals surface area contributed by atoms with E-state index >= 15 is 0 Å². The van der Waals surface area contributed by atoms with Gasteiger partial charge in [-0.15, -0.1) is 0 Å². The van der Waals surface area contributed by atoms with Gasteiger partial charge in [-0.2, -0.15) is 0 Å². The number of halogens is 1. The highest BCUT2D eigenvalue weighted by Gasteiger charge is 2.55. The van der Waals surface area contributed by atoms with Crippen molar-refractivity contribution in [2.45, 2.75) is 50.7 Å². The summed E-state index contributed by atoms with van der Waals surface area (Å²) in [5.74, 6) is 0.993. The lowest BCUT2D eigenvalue weighted by atomic mass is 9.55. The van der Waals surface area contributed by atoms with Gasteiger partial charge in [0.25, 0.3) is 0 Å². The second-order valence-electron chi connectivity index (χ2n) is 5.91. The number of para-hydroxylation sites is 1. The number of hydrogen-bond acceptors (Lipinski definition) is 2. The van der Waals surface area contributed by atoms with Crippen LogP contribution in [0, 0.1) is 5.41 Å². The monoisotopic (exact) mass is 323 g/mol. The summed E-state index contributed by atoms with van der Waals surface area (Å²) < 4.78 is 7.38. The molecular weight excluding hydrogens is 302 g/mol. The molecule has 1 spiro atoms. The Balaban J connectivity index is 1.76. The molecule has 1 N–H and O–H groups in total. The topological polar surface area (TPSA) is 21.3 Å². The van der Waals surface area contributed by atoms with Crippen molar-refractivity contribution >= 4 is 15.9 Å². The van der Waals surface area contributed by atoms with Crippen LogP contribution in [-0.4, -0.2) is 19.2 Å². The van der Waals surface area contributed by atoms with Crippen LogP contribution in [0.15, 0.2) is 28.7 Å². The molecule has 19 heavy (non-hydrogen) atoms.